The number of aromatic nitrogens is 3. The molecule has 0 bridgehead atoms. The van der Waals surface area contributed by atoms with Crippen LogP contribution in [0.5, 0.6) is 0 Å². The number of para-hydroxylation sites is 1. The van der Waals surface area contributed by atoms with Crippen LogP contribution in [-0.2, 0) is 11.2 Å². The lowest BCUT2D eigenvalue weighted by molar-refractivity contribution is -0.115. The zero-order chi connectivity index (χ0) is 13.1. The van der Waals surface area contributed by atoms with E-state index >= 15 is 0 Å². The van der Waals surface area contributed by atoms with E-state index in [-0.39, 0.29) is 12.3 Å². The molecule has 2 heterocycles. The van der Waals surface area contributed by atoms with Crippen molar-refractivity contribution in [2.45, 2.75) is 6.42 Å². The number of rotatable bonds is 3. The molecule has 2 N–H and O–H groups in total. The first-order valence-electron chi connectivity index (χ1n) is 5.95. The maximum atomic E-state index is 11.8. The van der Waals surface area contributed by atoms with E-state index in [4.69, 9.17) is 0 Å². The van der Waals surface area contributed by atoms with Crippen LogP contribution in [0.1, 0.15) is 5.69 Å². The minimum atomic E-state index is -0.118. The molecule has 0 unspecified atom stereocenters. The minimum absolute atomic E-state index is 0.118. The lowest BCUT2D eigenvalue weighted by Crippen LogP contribution is -2.15. The number of hydrogen-bond acceptors (Lipinski definition) is 3. The Morgan fingerprint density at radius 3 is 2.89 bits per heavy atom. The summed E-state index contributed by atoms with van der Waals surface area (Å²) in [6, 6.07) is 13.4. The van der Waals surface area contributed by atoms with E-state index in [1.54, 1.807) is 12.3 Å². The topological polar surface area (TPSA) is 70.7 Å². The van der Waals surface area contributed by atoms with Crippen LogP contribution in [0, 0.1) is 0 Å². The second kappa shape index (κ2) is 4.89. The molecule has 0 saturated heterocycles. The van der Waals surface area contributed by atoms with Crippen molar-refractivity contribution in [3.63, 3.8) is 0 Å². The van der Waals surface area contributed by atoms with Crippen LogP contribution < -0.4 is 5.32 Å². The predicted octanol–water partition coefficient (Wildman–Crippen LogP) is 2.14. The zero-order valence-electron chi connectivity index (χ0n) is 10.1. The first-order valence-corrected chi connectivity index (χ1v) is 5.95. The first-order chi connectivity index (χ1) is 9.31. The number of nitrogens with zero attached hydrogens (tertiary/aromatic N) is 2. The standard InChI is InChI=1S/C14H12N4O/c19-14(17-13-7-8-15-18-13)9-11-6-5-10-3-1-2-4-12(10)16-11/h1-8H,9H2,(H2,15,17,18,19). The summed E-state index contributed by atoms with van der Waals surface area (Å²) in [7, 11) is 0. The number of nitrogens with one attached hydrogen (secondary N) is 2. The molecule has 0 spiro atoms. The molecule has 0 atom stereocenters. The number of hydrogen-bond donors (Lipinski definition) is 2. The molecule has 0 saturated carbocycles. The van der Waals surface area contributed by atoms with Crippen molar-refractivity contribution in [1.82, 2.24) is 15.2 Å². The number of amides is 1. The summed E-state index contributed by atoms with van der Waals surface area (Å²) < 4.78 is 0. The van der Waals surface area contributed by atoms with Crippen LogP contribution in [0.25, 0.3) is 10.9 Å². The number of fused-ring (bicyclic) bond motifs is 1. The first kappa shape index (κ1) is 11.4. The van der Waals surface area contributed by atoms with Gasteiger partial charge in [-0.15, -0.1) is 0 Å². The van der Waals surface area contributed by atoms with Gasteiger partial charge in [-0.1, -0.05) is 24.3 Å². The van der Waals surface area contributed by atoms with E-state index in [0.29, 0.717) is 5.82 Å². The average molecular weight is 252 g/mol. The van der Waals surface area contributed by atoms with Crippen molar-refractivity contribution in [3.05, 3.63) is 54.4 Å². The molecule has 5 heteroatoms. The Kier molecular flexibility index (Phi) is 2.94. The van der Waals surface area contributed by atoms with Crippen molar-refractivity contribution in [2.75, 3.05) is 5.32 Å². The van der Waals surface area contributed by atoms with Crippen molar-refractivity contribution in [2.24, 2.45) is 0 Å². The third-order valence-corrected chi connectivity index (χ3v) is 2.77. The van der Waals surface area contributed by atoms with Gasteiger partial charge < -0.3 is 5.32 Å². The lowest BCUT2D eigenvalue weighted by atomic mass is 10.2. The fourth-order valence-corrected chi connectivity index (χ4v) is 1.89. The van der Waals surface area contributed by atoms with Crippen molar-refractivity contribution in [1.29, 1.82) is 0 Å². The third-order valence-electron chi connectivity index (χ3n) is 2.77. The monoisotopic (exact) mass is 252 g/mol. The molecule has 94 valence electrons. The summed E-state index contributed by atoms with van der Waals surface area (Å²) in [4.78, 5) is 16.3. The van der Waals surface area contributed by atoms with Gasteiger partial charge in [-0.05, 0) is 12.1 Å². The van der Waals surface area contributed by atoms with Gasteiger partial charge in [0.1, 0.15) is 5.82 Å². The summed E-state index contributed by atoms with van der Waals surface area (Å²) in [6.07, 6.45) is 1.83. The Morgan fingerprint density at radius 2 is 2.05 bits per heavy atom. The lowest BCUT2D eigenvalue weighted by Gasteiger charge is -2.03. The zero-order valence-corrected chi connectivity index (χ0v) is 10.1. The van der Waals surface area contributed by atoms with Crippen LogP contribution >= 0.6 is 0 Å². The van der Waals surface area contributed by atoms with Gasteiger partial charge in [0, 0.05) is 11.5 Å². The molecule has 1 aromatic carbocycles. The van der Waals surface area contributed by atoms with E-state index in [9.17, 15) is 4.79 Å². The van der Waals surface area contributed by atoms with Gasteiger partial charge in [0.15, 0.2) is 0 Å². The van der Waals surface area contributed by atoms with Gasteiger partial charge in [-0.2, -0.15) is 5.10 Å². The highest BCUT2D eigenvalue weighted by molar-refractivity contribution is 5.91. The molecular formula is C14H12N4O. The molecule has 0 radical (unpaired) electrons. The molecule has 0 aliphatic rings. The van der Waals surface area contributed by atoms with Crippen molar-refractivity contribution in [3.8, 4) is 0 Å². The number of aromatic amines is 1. The van der Waals surface area contributed by atoms with Crippen LogP contribution in [0.4, 0.5) is 5.82 Å². The SMILES string of the molecule is O=C(Cc1ccc2ccccc2n1)Nc1ccn[nH]1. The molecule has 3 aromatic rings. The van der Waals surface area contributed by atoms with Crippen molar-refractivity contribution < 1.29 is 4.79 Å². The molecular weight excluding hydrogens is 240 g/mol. The smallest absolute Gasteiger partial charge is 0.231 e. The summed E-state index contributed by atoms with van der Waals surface area (Å²) in [6.45, 7) is 0. The molecule has 0 aliphatic carbocycles. The van der Waals surface area contributed by atoms with Gasteiger partial charge in [0.2, 0.25) is 5.91 Å². The maximum Gasteiger partial charge on any atom is 0.231 e. The number of anilines is 1. The Hall–Kier alpha value is -2.69. The number of H-pyrrole nitrogens is 1. The van der Waals surface area contributed by atoms with Gasteiger partial charge >= 0.3 is 0 Å². The van der Waals surface area contributed by atoms with Crippen LogP contribution in [0.3, 0.4) is 0 Å². The summed E-state index contributed by atoms with van der Waals surface area (Å²) in [5, 5.41) is 10.2. The number of pyridine rings is 1. The van der Waals surface area contributed by atoms with Gasteiger partial charge in [0.05, 0.1) is 23.8 Å². The van der Waals surface area contributed by atoms with Gasteiger partial charge in [-0.25, -0.2) is 0 Å². The largest absolute Gasteiger partial charge is 0.311 e. The highest BCUT2D eigenvalue weighted by Gasteiger charge is 2.06. The number of carbonyl (C=O) groups excluding carboxylic acids is 1. The molecule has 3 rings (SSSR count). The number of benzene rings is 1. The average Bonchev–Trinajstić information content (AvgIpc) is 2.91. The molecule has 1 amide bonds. The van der Waals surface area contributed by atoms with E-state index in [0.717, 1.165) is 16.6 Å². The van der Waals surface area contributed by atoms with Crippen LogP contribution in [-0.4, -0.2) is 21.1 Å². The molecule has 0 aliphatic heterocycles. The summed E-state index contributed by atoms with van der Waals surface area (Å²) in [5.41, 5.74) is 1.64. The highest BCUT2D eigenvalue weighted by atomic mass is 16.1. The van der Waals surface area contributed by atoms with Crippen LogP contribution in [0.15, 0.2) is 48.7 Å². The molecule has 2 aromatic heterocycles. The third kappa shape index (κ3) is 2.60. The summed E-state index contributed by atoms with van der Waals surface area (Å²) in [5.74, 6) is 0.470. The second-order valence-corrected chi connectivity index (χ2v) is 4.19. The Morgan fingerprint density at radius 1 is 1.16 bits per heavy atom. The predicted molar refractivity (Wildman–Crippen MR) is 72.7 cm³/mol. The summed E-state index contributed by atoms with van der Waals surface area (Å²) >= 11 is 0. The Bertz CT molecular complexity index is 706. The maximum absolute atomic E-state index is 11.8. The van der Waals surface area contributed by atoms with E-state index in [1.807, 2.05) is 36.4 Å². The normalized spacial score (nSPS) is 10.5. The molecule has 5 nitrogen and oxygen atoms in total. The highest BCUT2D eigenvalue weighted by Crippen LogP contribution is 2.12. The van der Waals surface area contributed by atoms with E-state index in [1.165, 1.54) is 0 Å². The molecule has 19 heavy (non-hydrogen) atoms. The van der Waals surface area contributed by atoms with E-state index in [2.05, 4.69) is 20.5 Å². The Labute approximate surface area is 109 Å². The van der Waals surface area contributed by atoms with Crippen molar-refractivity contribution >= 4 is 22.6 Å². The van der Waals surface area contributed by atoms with Gasteiger partial charge in [-0.3, -0.25) is 14.9 Å². The fraction of sp³-hybridized carbons (Fsp3) is 0.0714. The van der Waals surface area contributed by atoms with E-state index < -0.39 is 0 Å². The van der Waals surface area contributed by atoms with Crippen LogP contribution in [0.2, 0.25) is 0 Å². The minimum Gasteiger partial charge on any atom is -0.311 e. The quantitative estimate of drug-likeness (QED) is 0.750. The second-order valence-electron chi connectivity index (χ2n) is 4.19. The Balaban J connectivity index is 1.75. The molecule has 0 fully saturated rings. The van der Waals surface area contributed by atoms with Gasteiger partial charge in [0.25, 0.3) is 0 Å². The fourth-order valence-electron chi connectivity index (χ4n) is 1.89. The number of carbonyl (C=O) groups is 1.